The standard InChI is InChI=1S/C32H41N3O4S/c1-8-29(31(37)33-32(5,6)7)34(21-26-16-14-23(2)15-17-26)30(36)22-35(27-19-24(3)18-25(4)20-27)40(38,39)28-12-10-9-11-13-28/h9-20,29H,8,21-22H2,1-7H3,(H,33,37)/t29-/m0/s1. The molecule has 0 spiro atoms. The summed E-state index contributed by atoms with van der Waals surface area (Å²) in [5.41, 5.74) is 3.59. The van der Waals surface area contributed by atoms with Crippen LogP contribution in [-0.4, -0.2) is 43.3 Å². The summed E-state index contributed by atoms with van der Waals surface area (Å²) in [5.74, 6) is -0.741. The summed E-state index contributed by atoms with van der Waals surface area (Å²) in [5, 5.41) is 2.99. The molecule has 0 unspecified atom stereocenters. The van der Waals surface area contributed by atoms with E-state index in [-0.39, 0.29) is 17.3 Å². The molecule has 1 atom stereocenters. The summed E-state index contributed by atoms with van der Waals surface area (Å²) >= 11 is 0. The van der Waals surface area contributed by atoms with E-state index in [0.717, 1.165) is 26.6 Å². The molecule has 0 fully saturated rings. The molecule has 8 heteroatoms. The van der Waals surface area contributed by atoms with Gasteiger partial charge in [0.2, 0.25) is 11.8 Å². The molecular weight excluding hydrogens is 522 g/mol. The molecule has 0 saturated carbocycles. The Hall–Kier alpha value is -3.65. The Kier molecular flexibility index (Phi) is 9.79. The van der Waals surface area contributed by atoms with Crippen molar-refractivity contribution in [2.24, 2.45) is 0 Å². The van der Waals surface area contributed by atoms with Gasteiger partial charge in [0.15, 0.2) is 0 Å². The van der Waals surface area contributed by atoms with Crippen LogP contribution < -0.4 is 9.62 Å². The maximum absolute atomic E-state index is 14.2. The average Bonchev–Trinajstić information content (AvgIpc) is 2.87. The molecule has 0 aromatic heterocycles. The second kappa shape index (κ2) is 12.7. The lowest BCUT2D eigenvalue weighted by Gasteiger charge is -2.35. The van der Waals surface area contributed by atoms with Crippen molar-refractivity contribution >= 4 is 27.5 Å². The van der Waals surface area contributed by atoms with Crippen LogP contribution in [0.1, 0.15) is 56.4 Å². The third-order valence-corrected chi connectivity index (χ3v) is 8.25. The average molecular weight is 564 g/mol. The smallest absolute Gasteiger partial charge is 0.264 e. The Morgan fingerprint density at radius 3 is 1.95 bits per heavy atom. The highest BCUT2D eigenvalue weighted by Crippen LogP contribution is 2.27. The van der Waals surface area contributed by atoms with E-state index in [4.69, 9.17) is 0 Å². The van der Waals surface area contributed by atoms with E-state index in [1.165, 1.54) is 17.0 Å². The summed E-state index contributed by atoms with van der Waals surface area (Å²) in [6, 6.07) is 20.5. The fraction of sp³-hybridized carbons (Fsp3) is 0.375. The zero-order chi connectivity index (χ0) is 29.7. The van der Waals surface area contributed by atoms with Crippen LogP contribution >= 0.6 is 0 Å². The van der Waals surface area contributed by atoms with Crippen LogP contribution in [-0.2, 0) is 26.2 Å². The molecule has 0 saturated heterocycles. The van der Waals surface area contributed by atoms with Crippen molar-refractivity contribution in [3.05, 3.63) is 95.1 Å². The summed E-state index contributed by atoms with van der Waals surface area (Å²) in [6.45, 7) is 13.0. The molecule has 0 aliphatic carbocycles. The molecule has 0 bridgehead atoms. The third-order valence-electron chi connectivity index (χ3n) is 6.46. The molecule has 7 nitrogen and oxygen atoms in total. The monoisotopic (exact) mass is 563 g/mol. The van der Waals surface area contributed by atoms with E-state index in [0.29, 0.717) is 12.1 Å². The minimum Gasteiger partial charge on any atom is -0.350 e. The third kappa shape index (κ3) is 7.94. The summed E-state index contributed by atoms with van der Waals surface area (Å²) in [6.07, 6.45) is 0.370. The largest absolute Gasteiger partial charge is 0.350 e. The first-order chi connectivity index (χ1) is 18.7. The first-order valence-corrected chi connectivity index (χ1v) is 15.0. The van der Waals surface area contributed by atoms with Crippen LogP contribution in [0.4, 0.5) is 5.69 Å². The van der Waals surface area contributed by atoms with Crippen LogP contribution in [0.2, 0.25) is 0 Å². The van der Waals surface area contributed by atoms with Crippen molar-refractivity contribution in [1.82, 2.24) is 10.2 Å². The van der Waals surface area contributed by atoms with Crippen molar-refractivity contribution in [3.8, 4) is 0 Å². The molecule has 0 heterocycles. The predicted octanol–water partition coefficient (Wildman–Crippen LogP) is 5.53. The highest BCUT2D eigenvalue weighted by atomic mass is 32.2. The van der Waals surface area contributed by atoms with Gasteiger partial charge in [-0.15, -0.1) is 0 Å². The van der Waals surface area contributed by atoms with Gasteiger partial charge in [0, 0.05) is 12.1 Å². The number of carbonyl (C=O) groups is 2. The Morgan fingerprint density at radius 1 is 0.850 bits per heavy atom. The van der Waals surface area contributed by atoms with Crippen molar-refractivity contribution in [1.29, 1.82) is 0 Å². The van der Waals surface area contributed by atoms with Gasteiger partial charge in [-0.05, 0) is 88.9 Å². The maximum Gasteiger partial charge on any atom is 0.264 e. The van der Waals surface area contributed by atoms with Gasteiger partial charge in [0.05, 0.1) is 10.6 Å². The van der Waals surface area contributed by atoms with Crippen LogP contribution in [0.25, 0.3) is 0 Å². The first-order valence-electron chi connectivity index (χ1n) is 13.5. The second-order valence-corrected chi connectivity index (χ2v) is 13.2. The number of aryl methyl sites for hydroxylation is 3. The molecule has 40 heavy (non-hydrogen) atoms. The normalized spacial score (nSPS) is 12.5. The van der Waals surface area contributed by atoms with Crippen molar-refractivity contribution in [2.75, 3.05) is 10.8 Å². The quantitative estimate of drug-likeness (QED) is 0.352. The van der Waals surface area contributed by atoms with Gasteiger partial charge in [0.25, 0.3) is 10.0 Å². The minimum absolute atomic E-state index is 0.0876. The molecule has 214 valence electrons. The summed E-state index contributed by atoms with van der Waals surface area (Å²) < 4.78 is 29.0. The molecule has 3 aromatic rings. The number of nitrogens with one attached hydrogen (secondary N) is 1. The van der Waals surface area contributed by atoms with Crippen LogP contribution in [0.3, 0.4) is 0 Å². The van der Waals surface area contributed by atoms with Crippen molar-refractivity contribution in [2.45, 2.75) is 77.9 Å². The number of anilines is 1. The Morgan fingerprint density at radius 2 is 1.43 bits per heavy atom. The molecule has 0 radical (unpaired) electrons. The molecule has 2 amide bonds. The molecule has 3 aromatic carbocycles. The lowest BCUT2D eigenvalue weighted by molar-refractivity contribution is -0.141. The zero-order valence-corrected chi connectivity index (χ0v) is 25.4. The van der Waals surface area contributed by atoms with Gasteiger partial charge in [-0.2, -0.15) is 0 Å². The van der Waals surface area contributed by atoms with Gasteiger partial charge in [-0.25, -0.2) is 8.42 Å². The number of amides is 2. The van der Waals surface area contributed by atoms with E-state index < -0.39 is 34.1 Å². The lowest BCUT2D eigenvalue weighted by atomic mass is 10.1. The van der Waals surface area contributed by atoms with Gasteiger partial charge in [-0.3, -0.25) is 13.9 Å². The molecule has 1 N–H and O–H groups in total. The number of nitrogens with zero attached hydrogens (tertiary/aromatic N) is 2. The molecule has 3 rings (SSSR count). The van der Waals surface area contributed by atoms with E-state index in [1.807, 2.05) is 78.8 Å². The van der Waals surface area contributed by atoms with Gasteiger partial charge in [-0.1, -0.05) is 61.0 Å². The van der Waals surface area contributed by atoms with Gasteiger partial charge >= 0.3 is 0 Å². The number of benzene rings is 3. The Labute approximate surface area is 239 Å². The number of carbonyl (C=O) groups excluding carboxylic acids is 2. The molecule has 0 aliphatic heterocycles. The second-order valence-electron chi connectivity index (χ2n) is 11.3. The fourth-order valence-corrected chi connectivity index (χ4v) is 6.02. The van der Waals surface area contributed by atoms with E-state index in [1.54, 1.807) is 30.3 Å². The van der Waals surface area contributed by atoms with Gasteiger partial charge < -0.3 is 10.2 Å². The van der Waals surface area contributed by atoms with E-state index >= 15 is 0 Å². The SMILES string of the molecule is CC[C@@H](C(=O)NC(C)(C)C)N(Cc1ccc(C)cc1)C(=O)CN(c1cc(C)cc(C)c1)S(=O)(=O)c1ccccc1. The van der Waals surface area contributed by atoms with E-state index in [9.17, 15) is 18.0 Å². The lowest BCUT2D eigenvalue weighted by Crippen LogP contribution is -2.55. The van der Waals surface area contributed by atoms with E-state index in [2.05, 4.69) is 5.32 Å². The number of rotatable bonds is 10. The van der Waals surface area contributed by atoms with Crippen LogP contribution in [0.15, 0.2) is 77.7 Å². The van der Waals surface area contributed by atoms with Crippen molar-refractivity contribution in [3.63, 3.8) is 0 Å². The predicted molar refractivity (Wildman–Crippen MR) is 161 cm³/mol. The molecule has 0 aliphatic rings. The summed E-state index contributed by atoms with van der Waals surface area (Å²) in [7, 11) is -4.09. The Balaban J connectivity index is 2.09. The minimum atomic E-state index is -4.09. The Bertz CT molecular complexity index is 1410. The first kappa shape index (κ1) is 30.9. The van der Waals surface area contributed by atoms with Crippen LogP contribution in [0.5, 0.6) is 0 Å². The summed E-state index contributed by atoms with van der Waals surface area (Å²) in [4.78, 5) is 29.2. The van der Waals surface area contributed by atoms with Gasteiger partial charge in [0.1, 0.15) is 12.6 Å². The topological polar surface area (TPSA) is 86.8 Å². The van der Waals surface area contributed by atoms with Crippen molar-refractivity contribution < 1.29 is 18.0 Å². The van der Waals surface area contributed by atoms with Crippen LogP contribution in [0, 0.1) is 20.8 Å². The highest BCUT2D eigenvalue weighted by Gasteiger charge is 2.34. The number of sulfonamides is 1. The maximum atomic E-state index is 14.2. The highest BCUT2D eigenvalue weighted by molar-refractivity contribution is 7.92. The number of hydrogen-bond acceptors (Lipinski definition) is 4. The zero-order valence-electron chi connectivity index (χ0n) is 24.6. The molecular formula is C32H41N3O4S. The number of hydrogen-bond donors (Lipinski definition) is 1. The fourth-order valence-electron chi connectivity index (χ4n) is 4.61.